The van der Waals surface area contributed by atoms with Crippen molar-refractivity contribution in [2.45, 2.75) is 19.9 Å². The molecule has 0 bridgehead atoms. The highest BCUT2D eigenvalue weighted by atomic mass is 16.5. The van der Waals surface area contributed by atoms with Crippen molar-refractivity contribution < 1.29 is 9.53 Å². The molecule has 0 spiro atoms. The van der Waals surface area contributed by atoms with Crippen LogP contribution in [-0.2, 0) is 0 Å². The largest absolute Gasteiger partial charge is 0.497 e. The molecule has 0 fully saturated rings. The number of rotatable bonds is 6. The molecule has 0 heterocycles. The molecule has 2 N–H and O–H groups in total. The summed E-state index contributed by atoms with van der Waals surface area (Å²) in [6.07, 6.45) is 0. The molecular weight excluding hydrogens is 276 g/mol. The molecule has 116 valence electrons. The number of nitrogens with one attached hydrogen (secondary N) is 2. The smallest absolute Gasteiger partial charge is 0.265 e. The van der Waals surface area contributed by atoms with Gasteiger partial charge in [-0.05, 0) is 35.7 Å². The van der Waals surface area contributed by atoms with E-state index in [0.29, 0.717) is 11.5 Å². The first-order chi connectivity index (χ1) is 10.6. The van der Waals surface area contributed by atoms with Gasteiger partial charge in [0.15, 0.2) is 0 Å². The van der Waals surface area contributed by atoms with Crippen LogP contribution in [0.3, 0.4) is 0 Å². The van der Waals surface area contributed by atoms with E-state index in [0.717, 1.165) is 11.3 Å². The van der Waals surface area contributed by atoms with Crippen LogP contribution in [0.25, 0.3) is 0 Å². The minimum absolute atomic E-state index is 0.0265. The van der Waals surface area contributed by atoms with Crippen molar-refractivity contribution in [2.75, 3.05) is 7.11 Å². The van der Waals surface area contributed by atoms with Gasteiger partial charge < -0.3 is 4.74 Å². The van der Waals surface area contributed by atoms with Crippen LogP contribution in [0.1, 0.15) is 35.8 Å². The first kappa shape index (κ1) is 16.0. The van der Waals surface area contributed by atoms with Gasteiger partial charge in [-0.15, -0.1) is 0 Å². The first-order valence-electron chi connectivity index (χ1n) is 7.36. The zero-order valence-electron chi connectivity index (χ0n) is 13.2. The predicted molar refractivity (Wildman–Crippen MR) is 87.6 cm³/mol. The molecule has 2 aromatic carbocycles. The number of hydrazine groups is 1. The van der Waals surface area contributed by atoms with Gasteiger partial charge in [0, 0.05) is 5.56 Å². The summed E-state index contributed by atoms with van der Waals surface area (Å²) >= 11 is 0. The van der Waals surface area contributed by atoms with Crippen LogP contribution in [0, 0.1) is 5.92 Å². The van der Waals surface area contributed by atoms with Crippen LogP contribution in [0.5, 0.6) is 5.75 Å². The monoisotopic (exact) mass is 298 g/mol. The molecule has 1 amide bonds. The minimum atomic E-state index is -0.139. The third-order valence-corrected chi connectivity index (χ3v) is 3.52. The van der Waals surface area contributed by atoms with Crippen LogP contribution in [0.15, 0.2) is 54.6 Å². The molecule has 4 nitrogen and oxygen atoms in total. The Bertz CT molecular complexity index is 594. The Hall–Kier alpha value is -2.33. The number of hydrogen-bond acceptors (Lipinski definition) is 3. The van der Waals surface area contributed by atoms with E-state index in [4.69, 9.17) is 4.74 Å². The van der Waals surface area contributed by atoms with Crippen molar-refractivity contribution in [3.8, 4) is 5.75 Å². The summed E-state index contributed by atoms with van der Waals surface area (Å²) in [6, 6.07) is 17.0. The molecule has 0 aliphatic heterocycles. The van der Waals surface area contributed by atoms with E-state index < -0.39 is 0 Å². The fourth-order valence-corrected chi connectivity index (χ4v) is 2.25. The molecule has 0 aliphatic carbocycles. The van der Waals surface area contributed by atoms with Crippen molar-refractivity contribution in [1.29, 1.82) is 0 Å². The summed E-state index contributed by atoms with van der Waals surface area (Å²) in [5.41, 5.74) is 7.65. The van der Waals surface area contributed by atoms with E-state index in [1.807, 2.05) is 42.5 Å². The Balaban J connectivity index is 2.04. The number of carbonyl (C=O) groups is 1. The first-order valence-corrected chi connectivity index (χ1v) is 7.36. The quantitative estimate of drug-likeness (QED) is 0.804. The highest BCUT2D eigenvalue weighted by molar-refractivity contribution is 5.93. The molecular formula is C18H22N2O2. The lowest BCUT2D eigenvalue weighted by Gasteiger charge is -2.23. The standard InChI is InChI=1S/C18H22N2O2/c1-13(2)17(14-9-11-16(22-3)12-10-14)19-20-18(21)15-7-5-4-6-8-15/h4-13,17,19H,1-3H3,(H,20,21). The van der Waals surface area contributed by atoms with Gasteiger partial charge in [0.25, 0.3) is 5.91 Å². The Kier molecular flexibility index (Phi) is 5.55. The van der Waals surface area contributed by atoms with E-state index >= 15 is 0 Å². The second kappa shape index (κ2) is 7.61. The summed E-state index contributed by atoms with van der Waals surface area (Å²) in [5, 5.41) is 0. The molecule has 0 radical (unpaired) electrons. The van der Waals surface area contributed by atoms with E-state index in [1.54, 1.807) is 19.2 Å². The normalized spacial score (nSPS) is 12.0. The van der Waals surface area contributed by atoms with Crippen molar-refractivity contribution in [3.05, 3.63) is 65.7 Å². The summed E-state index contributed by atoms with van der Waals surface area (Å²) in [4.78, 5) is 12.1. The zero-order chi connectivity index (χ0) is 15.9. The number of hydrogen-bond donors (Lipinski definition) is 2. The highest BCUT2D eigenvalue weighted by Gasteiger charge is 2.16. The van der Waals surface area contributed by atoms with Crippen molar-refractivity contribution in [3.63, 3.8) is 0 Å². The molecule has 0 aromatic heterocycles. The lowest BCUT2D eigenvalue weighted by Crippen LogP contribution is -2.41. The summed E-state index contributed by atoms with van der Waals surface area (Å²) < 4.78 is 5.18. The SMILES string of the molecule is COc1ccc(C(NNC(=O)c2ccccc2)C(C)C)cc1. The maximum Gasteiger partial charge on any atom is 0.265 e. The van der Waals surface area contributed by atoms with Crippen molar-refractivity contribution in [1.82, 2.24) is 10.9 Å². The summed E-state index contributed by atoms with van der Waals surface area (Å²) in [7, 11) is 1.65. The number of ether oxygens (including phenoxy) is 1. The third-order valence-electron chi connectivity index (χ3n) is 3.52. The fraction of sp³-hybridized carbons (Fsp3) is 0.278. The van der Waals surface area contributed by atoms with Gasteiger partial charge in [-0.2, -0.15) is 0 Å². The molecule has 1 atom stereocenters. The van der Waals surface area contributed by atoms with E-state index in [9.17, 15) is 4.79 Å². The number of amides is 1. The van der Waals surface area contributed by atoms with Crippen LogP contribution in [-0.4, -0.2) is 13.0 Å². The van der Waals surface area contributed by atoms with Gasteiger partial charge in [-0.1, -0.05) is 44.2 Å². The van der Waals surface area contributed by atoms with Gasteiger partial charge in [-0.25, -0.2) is 5.43 Å². The lowest BCUT2D eigenvalue weighted by molar-refractivity contribution is 0.0919. The van der Waals surface area contributed by atoms with Crippen molar-refractivity contribution in [2.24, 2.45) is 5.92 Å². The topological polar surface area (TPSA) is 50.4 Å². The molecule has 4 heteroatoms. The summed E-state index contributed by atoms with van der Waals surface area (Å²) in [5.74, 6) is 1.00. The molecule has 2 rings (SSSR count). The van der Waals surface area contributed by atoms with Crippen LogP contribution in [0.4, 0.5) is 0 Å². The molecule has 22 heavy (non-hydrogen) atoms. The number of benzene rings is 2. The van der Waals surface area contributed by atoms with Crippen molar-refractivity contribution >= 4 is 5.91 Å². The number of carbonyl (C=O) groups excluding carboxylic acids is 1. The highest BCUT2D eigenvalue weighted by Crippen LogP contribution is 2.23. The minimum Gasteiger partial charge on any atom is -0.497 e. The molecule has 2 aromatic rings. The summed E-state index contributed by atoms with van der Waals surface area (Å²) in [6.45, 7) is 4.22. The average molecular weight is 298 g/mol. The lowest BCUT2D eigenvalue weighted by atomic mass is 9.97. The van der Waals surface area contributed by atoms with Gasteiger partial charge >= 0.3 is 0 Å². The Morgan fingerprint density at radius 2 is 1.64 bits per heavy atom. The maximum absolute atomic E-state index is 12.1. The zero-order valence-corrected chi connectivity index (χ0v) is 13.2. The van der Waals surface area contributed by atoms with Gasteiger partial charge in [-0.3, -0.25) is 10.2 Å². The Labute approximate surface area is 131 Å². The Morgan fingerprint density at radius 3 is 2.18 bits per heavy atom. The van der Waals surface area contributed by atoms with Crippen LogP contribution < -0.4 is 15.6 Å². The third kappa shape index (κ3) is 4.09. The predicted octanol–water partition coefficient (Wildman–Crippen LogP) is 3.33. The van der Waals surface area contributed by atoms with E-state index in [-0.39, 0.29) is 11.9 Å². The molecule has 0 saturated carbocycles. The van der Waals surface area contributed by atoms with Gasteiger partial charge in [0.05, 0.1) is 13.2 Å². The van der Waals surface area contributed by atoms with Crippen LogP contribution in [0.2, 0.25) is 0 Å². The van der Waals surface area contributed by atoms with Gasteiger partial charge in [0.1, 0.15) is 5.75 Å². The second-order valence-electron chi connectivity index (χ2n) is 5.46. The number of methoxy groups -OCH3 is 1. The van der Waals surface area contributed by atoms with E-state index in [2.05, 4.69) is 24.7 Å². The Morgan fingerprint density at radius 1 is 1.00 bits per heavy atom. The average Bonchev–Trinajstić information content (AvgIpc) is 2.56. The molecule has 0 saturated heterocycles. The molecule has 0 aliphatic rings. The second-order valence-corrected chi connectivity index (χ2v) is 5.46. The fourth-order valence-electron chi connectivity index (χ4n) is 2.25. The maximum atomic E-state index is 12.1. The van der Waals surface area contributed by atoms with Crippen LogP contribution >= 0.6 is 0 Å². The van der Waals surface area contributed by atoms with Gasteiger partial charge in [0.2, 0.25) is 0 Å². The molecule has 1 unspecified atom stereocenters. The van der Waals surface area contributed by atoms with E-state index in [1.165, 1.54) is 0 Å².